The van der Waals surface area contributed by atoms with E-state index in [9.17, 15) is 9.90 Å². The number of rotatable bonds is 2. The Kier molecular flexibility index (Phi) is 3.36. The molecule has 1 aliphatic heterocycles. The number of hydrogen-bond acceptors (Lipinski definition) is 5. The van der Waals surface area contributed by atoms with Gasteiger partial charge in [-0.15, -0.1) is 0 Å². The Labute approximate surface area is 138 Å². The van der Waals surface area contributed by atoms with Gasteiger partial charge in [0.15, 0.2) is 0 Å². The van der Waals surface area contributed by atoms with Crippen LogP contribution in [0.5, 0.6) is 11.8 Å². The van der Waals surface area contributed by atoms with Crippen LogP contribution in [0.1, 0.15) is 33.3 Å². The van der Waals surface area contributed by atoms with Crippen LogP contribution in [0.2, 0.25) is 0 Å². The molecular weight excluding hydrogens is 304 g/mol. The molecule has 0 radical (unpaired) electrons. The van der Waals surface area contributed by atoms with E-state index < -0.39 is 6.10 Å². The number of carbonyl (C=O) groups is 1. The van der Waals surface area contributed by atoms with E-state index in [0.717, 1.165) is 17.5 Å². The van der Waals surface area contributed by atoms with Gasteiger partial charge in [-0.1, -0.05) is 24.3 Å². The van der Waals surface area contributed by atoms with Crippen LogP contribution in [0.15, 0.2) is 48.5 Å². The van der Waals surface area contributed by atoms with E-state index in [1.54, 1.807) is 18.2 Å². The molecule has 0 spiro atoms. The minimum atomic E-state index is -0.809. The molecule has 1 aromatic carbocycles. The van der Waals surface area contributed by atoms with Crippen molar-refractivity contribution in [2.75, 3.05) is 0 Å². The first-order chi connectivity index (χ1) is 11.7. The predicted octanol–water partition coefficient (Wildman–Crippen LogP) is 3.45. The molecule has 1 N–H and O–H groups in total. The van der Waals surface area contributed by atoms with Gasteiger partial charge in [0.25, 0.3) is 0 Å². The van der Waals surface area contributed by atoms with Gasteiger partial charge in [0.1, 0.15) is 12.4 Å². The molecule has 1 aliphatic rings. The van der Waals surface area contributed by atoms with Crippen LogP contribution >= 0.6 is 0 Å². The maximum absolute atomic E-state index is 10.8. The number of benzene rings is 1. The van der Waals surface area contributed by atoms with E-state index in [2.05, 4.69) is 9.97 Å². The molecular formula is C19H14N2O3. The van der Waals surface area contributed by atoms with Gasteiger partial charge in [-0.2, -0.15) is 0 Å². The Balaban J connectivity index is 1.76. The molecule has 0 bridgehead atoms. The number of ether oxygens (including phenoxy) is 1. The third-order valence-corrected chi connectivity index (χ3v) is 4.04. The zero-order valence-corrected chi connectivity index (χ0v) is 12.9. The van der Waals surface area contributed by atoms with Gasteiger partial charge in [0, 0.05) is 27.9 Å². The summed E-state index contributed by atoms with van der Waals surface area (Å²) in [5, 5.41) is 10.5. The zero-order chi connectivity index (χ0) is 16.7. The highest BCUT2D eigenvalue weighted by atomic mass is 16.5. The second-order valence-corrected chi connectivity index (χ2v) is 5.68. The summed E-state index contributed by atoms with van der Waals surface area (Å²) in [6.45, 7) is 1.87. The minimum Gasteiger partial charge on any atom is -0.420 e. The summed E-state index contributed by atoms with van der Waals surface area (Å²) in [5.74, 6) is 0.737. The first kappa shape index (κ1) is 14.5. The first-order valence-electron chi connectivity index (χ1n) is 7.56. The van der Waals surface area contributed by atoms with Crippen LogP contribution in [-0.4, -0.2) is 21.4 Å². The molecule has 0 amide bonds. The van der Waals surface area contributed by atoms with Gasteiger partial charge >= 0.3 is 0 Å². The van der Waals surface area contributed by atoms with Crippen molar-refractivity contribution >= 4 is 6.29 Å². The molecule has 4 rings (SSSR count). The number of hydrogen-bond donors (Lipinski definition) is 1. The number of aromatic nitrogens is 2. The van der Waals surface area contributed by atoms with Crippen molar-refractivity contribution in [3.8, 4) is 23.0 Å². The Hall–Kier alpha value is -3.05. The van der Waals surface area contributed by atoms with Crippen molar-refractivity contribution in [1.29, 1.82) is 0 Å². The maximum atomic E-state index is 10.8. The summed E-state index contributed by atoms with van der Waals surface area (Å²) >= 11 is 0. The largest absolute Gasteiger partial charge is 0.420 e. The van der Waals surface area contributed by atoms with Crippen LogP contribution in [0.25, 0.3) is 11.3 Å². The third kappa shape index (κ3) is 2.35. The average Bonchev–Trinajstić information content (AvgIpc) is 2.61. The second kappa shape index (κ2) is 5.54. The van der Waals surface area contributed by atoms with Gasteiger partial charge in [-0.25, -0.2) is 9.97 Å². The molecule has 3 heterocycles. The zero-order valence-electron chi connectivity index (χ0n) is 12.9. The summed E-state index contributed by atoms with van der Waals surface area (Å²) < 4.78 is 5.80. The standard InChI is InChI=1S/C19H14N2O3/c1-11-2-7-14-17(23)15-8-9-16(21-19(15)24-18(14)20-11)13-5-3-12(10-22)4-6-13/h2-10,17,23H,1H3. The van der Waals surface area contributed by atoms with Crippen molar-refractivity contribution in [2.45, 2.75) is 13.0 Å². The van der Waals surface area contributed by atoms with Crippen LogP contribution in [0, 0.1) is 6.92 Å². The molecule has 3 aromatic rings. The number of nitrogens with zero attached hydrogens (tertiary/aromatic N) is 2. The number of fused-ring (bicyclic) bond motifs is 2. The van der Waals surface area contributed by atoms with E-state index in [-0.39, 0.29) is 0 Å². The number of aliphatic hydroxyl groups is 1. The number of pyridine rings is 2. The second-order valence-electron chi connectivity index (χ2n) is 5.68. The van der Waals surface area contributed by atoms with Crippen LogP contribution in [-0.2, 0) is 0 Å². The molecule has 24 heavy (non-hydrogen) atoms. The first-order valence-corrected chi connectivity index (χ1v) is 7.56. The van der Waals surface area contributed by atoms with Crippen molar-refractivity contribution in [3.63, 3.8) is 0 Å². The third-order valence-electron chi connectivity index (χ3n) is 4.04. The fraction of sp³-hybridized carbons (Fsp3) is 0.105. The molecule has 2 aromatic heterocycles. The lowest BCUT2D eigenvalue weighted by atomic mass is 10.00. The molecule has 1 atom stereocenters. The number of aryl methyl sites for hydroxylation is 1. The van der Waals surface area contributed by atoms with Crippen molar-refractivity contribution in [1.82, 2.24) is 9.97 Å². The van der Waals surface area contributed by atoms with E-state index >= 15 is 0 Å². The quantitative estimate of drug-likeness (QED) is 0.733. The summed E-state index contributed by atoms with van der Waals surface area (Å²) in [4.78, 5) is 19.6. The molecule has 0 saturated carbocycles. The SMILES string of the molecule is Cc1ccc2c(n1)Oc1nc(-c3ccc(C=O)cc3)ccc1C2O. The van der Waals surface area contributed by atoms with Gasteiger partial charge in [0.05, 0.1) is 5.69 Å². The van der Waals surface area contributed by atoms with E-state index in [4.69, 9.17) is 4.74 Å². The molecule has 0 fully saturated rings. The number of aliphatic hydroxyl groups excluding tert-OH is 1. The highest BCUT2D eigenvalue weighted by Crippen LogP contribution is 2.41. The normalized spacial score (nSPS) is 15.2. The molecule has 5 nitrogen and oxygen atoms in total. The summed E-state index contributed by atoms with van der Waals surface area (Å²) in [6.07, 6.45) is -0.00934. The molecule has 1 unspecified atom stereocenters. The molecule has 0 aliphatic carbocycles. The van der Waals surface area contributed by atoms with Crippen LogP contribution < -0.4 is 4.74 Å². The highest BCUT2D eigenvalue weighted by molar-refractivity contribution is 5.76. The maximum Gasteiger partial charge on any atom is 0.228 e. The smallest absolute Gasteiger partial charge is 0.228 e. The van der Waals surface area contributed by atoms with Gasteiger partial charge in [0.2, 0.25) is 11.8 Å². The van der Waals surface area contributed by atoms with E-state index in [1.807, 2.05) is 37.3 Å². The van der Waals surface area contributed by atoms with Crippen molar-refractivity contribution in [3.05, 3.63) is 70.9 Å². The lowest BCUT2D eigenvalue weighted by molar-refractivity contribution is 0.112. The highest BCUT2D eigenvalue weighted by Gasteiger charge is 2.28. The van der Waals surface area contributed by atoms with Crippen molar-refractivity contribution < 1.29 is 14.6 Å². The Morgan fingerprint density at radius 1 is 0.958 bits per heavy atom. The average molecular weight is 318 g/mol. The summed E-state index contributed by atoms with van der Waals surface area (Å²) in [7, 11) is 0. The van der Waals surface area contributed by atoms with Crippen molar-refractivity contribution in [2.24, 2.45) is 0 Å². The lowest BCUT2D eigenvalue weighted by Gasteiger charge is -2.23. The van der Waals surface area contributed by atoms with E-state index in [0.29, 0.717) is 34.1 Å². The summed E-state index contributed by atoms with van der Waals surface area (Å²) in [5.41, 5.74) is 4.24. The van der Waals surface area contributed by atoms with Gasteiger partial charge < -0.3 is 9.84 Å². The van der Waals surface area contributed by atoms with E-state index in [1.165, 1.54) is 0 Å². The van der Waals surface area contributed by atoms with Gasteiger partial charge in [-0.3, -0.25) is 4.79 Å². The monoisotopic (exact) mass is 318 g/mol. The molecule has 118 valence electrons. The van der Waals surface area contributed by atoms with Crippen LogP contribution in [0.3, 0.4) is 0 Å². The number of aldehydes is 1. The Morgan fingerprint density at radius 3 is 2.33 bits per heavy atom. The molecule has 0 saturated heterocycles. The Bertz CT molecular complexity index is 936. The minimum absolute atomic E-state index is 0.352. The molecule has 5 heteroatoms. The summed E-state index contributed by atoms with van der Waals surface area (Å²) in [6, 6.07) is 14.4. The van der Waals surface area contributed by atoms with Crippen LogP contribution in [0.4, 0.5) is 0 Å². The number of carbonyl (C=O) groups excluding carboxylic acids is 1. The van der Waals surface area contributed by atoms with Gasteiger partial charge in [-0.05, 0) is 31.2 Å². The topological polar surface area (TPSA) is 72.3 Å². The lowest BCUT2D eigenvalue weighted by Crippen LogP contribution is -2.12. The predicted molar refractivity (Wildman–Crippen MR) is 88.2 cm³/mol. The fourth-order valence-electron chi connectivity index (χ4n) is 2.73. The fourth-order valence-corrected chi connectivity index (χ4v) is 2.73. The Morgan fingerprint density at radius 2 is 1.62 bits per heavy atom.